The van der Waals surface area contributed by atoms with Crippen molar-refractivity contribution < 1.29 is 9.13 Å². The summed E-state index contributed by atoms with van der Waals surface area (Å²) >= 11 is 0. The van der Waals surface area contributed by atoms with Gasteiger partial charge in [-0.1, -0.05) is 13.3 Å². The molecule has 2 heterocycles. The Kier molecular flexibility index (Phi) is 6.40. The largest absolute Gasteiger partial charge is 0.493 e. The zero-order chi connectivity index (χ0) is 20.8. The fourth-order valence-electron chi connectivity index (χ4n) is 2.93. The van der Waals surface area contributed by atoms with E-state index in [9.17, 15) is 4.39 Å². The van der Waals surface area contributed by atoms with Gasteiger partial charge in [0.2, 0.25) is 0 Å². The molecule has 3 rings (SSSR count). The van der Waals surface area contributed by atoms with E-state index in [1.165, 1.54) is 12.1 Å². The van der Waals surface area contributed by atoms with Crippen LogP contribution in [-0.2, 0) is 7.05 Å². The van der Waals surface area contributed by atoms with Gasteiger partial charge in [-0.15, -0.1) is 5.10 Å². The fraction of sp³-hybridized carbons (Fsp3) is 0.250. The number of hydrogen-bond donors (Lipinski definition) is 3. The first-order valence-corrected chi connectivity index (χ1v) is 9.24. The number of pyridine rings is 1. The monoisotopic (exact) mass is 397 g/mol. The maximum Gasteiger partial charge on any atom is 0.152 e. The molecule has 0 saturated carbocycles. The van der Waals surface area contributed by atoms with Crippen LogP contribution < -0.4 is 21.8 Å². The summed E-state index contributed by atoms with van der Waals surface area (Å²) in [5, 5.41) is 3.79. The third kappa shape index (κ3) is 4.52. The minimum Gasteiger partial charge on any atom is -0.493 e. The second-order valence-corrected chi connectivity index (χ2v) is 6.45. The highest BCUT2D eigenvalue weighted by molar-refractivity contribution is 5.98. The number of hydrazine groups is 1. The molecule has 0 fully saturated rings. The van der Waals surface area contributed by atoms with Gasteiger partial charge in [-0.3, -0.25) is 4.98 Å². The molecule has 3 aromatic rings. The van der Waals surface area contributed by atoms with Gasteiger partial charge in [0.25, 0.3) is 0 Å². The lowest BCUT2D eigenvalue weighted by Crippen LogP contribution is -2.23. The number of ether oxygens (including phenoxy) is 1. The second-order valence-electron chi connectivity index (χ2n) is 6.45. The van der Waals surface area contributed by atoms with Crippen molar-refractivity contribution in [2.45, 2.75) is 19.8 Å². The van der Waals surface area contributed by atoms with Gasteiger partial charge in [-0.2, -0.15) is 0 Å². The molecule has 0 bridgehead atoms. The molecule has 29 heavy (non-hydrogen) atoms. The summed E-state index contributed by atoms with van der Waals surface area (Å²) in [6.45, 7) is 2.58. The van der Waals surface area contributed by atoms with Gasteiger partial charge in [0.15, 0.2) is 5.84 Å². The maximum atomic E-state index is 13.9. The van der Waals surface area contributed by atoms with E-state index >= 15 is 0 Å². The van der Waals surface area contributed by atoms with Crippen LogP contribution in [0.1, 0.15) is 25.3 Å². The van der Waals surface area contributed by atoms with Crippen LogP contribution >= 0.6 is 0 Å². The second kappa shape index (κ2) is 9.16. The topological polar surface area (TPSA) is 116 Å². The number of benzene rings is 1. The first-order chi connectivity index (χ1) is 14.0. The van der Waals surface area contributed by atoms with Crippen molar-refractivity contribution in [2.75, 3.05) is 6.61 Å². The summed E-state index contributed by atoms with van der Waals surface area (Å²) in [5.41, 5.74) is 11.4. The lowest BCUT2D eigenvalue weighted by Gasteiger charge is -2.14. The predicted molar refractivity (Wildman–Crippen MR) is 110 cm³/mol. The van der Waals surface area contributed by atoms with Gasteiger partial charge in [0.05, 0.1) is 24.3 Å². The Hall–Kier alpha value is -3.46. The molecule has 0 aliphatic heterocycles. The summed E-state index contributed by atoms with van der Waals surface area (Å²) in [7, 11) is 1.86. The van der Waals surface area contributed by atoms with Crippen molar-refractivity contribution in [1.82, 2.24) is 20.1 Å². The maximum absolute atomic E-state index is 13.9. The Morgan fingerprint density at radius 2 is 2.10 bits per heavy atom. The van der Waals surface area contributed by atoms with Crippen LogP contribution in [0.25, 0.3) is 22.6 Å². The van der Waals surface area contributed by atoms with Gasteiger partial charge in [-0.25, -0.2) is 20.8 Å². The molecule has 152 valence electrons. The Morgan fingerprint density at radius 3 is 2.86 bits per heavy atom. The quantitative estimate of drug-likeness (QED) is 0.177. The van der Waals surface area contributed by atoms with Crippen LogP contribution in [0.15, 0.2) is 48.0 Å². The number of amidine groups is 1. The molecule has 0 amide bonds. The number of rotatable bonds is 8. The summed E-state index contributed by atoms with van der Waals surface area (Å²) in [4.78, 5) is 8.92. The first kappa shape index (κ1) is 20.3. The molecular formula is C20H24FN7O. The number of halogens is 1. The minimum absolute atomic E-state index is 0.221. The van der Waals surface area contributed by atoms with Crippen LogP contribution in [0.4, 0.5) is 4.39 Å². The van der Waals surface area contributed by atoms with Crippen molar-refractivity contribution in [3.8, 4) is 28.4 Å². The molecule has 0 radical (unpaired) electrons. The number of aromatic nitrogens is 3. The molecule has 0 aliphatic rings. The number of hydrogen-bond acceptors (Lipinski definition) is 6. The van der Waals surface area contributed by atoms with E-state index in [4.69, 9.17) is 16.3 Å². The Labute approximate surface area is 168 Å². The van der Waals surface area contributed by atoms with Crippen molar-refractivity contribution in [3.63, 3.8) is 0 Å². The first-order valence-electron chi connectivity index (χ1n) is 9.24. The molecule has 5 N–H and O–H groups in total. The standard InChI is InChI=1S/C20H24FN7O/c1-3-4-9-29-17-11-14(21)5-6-15(17)19-18(25-12-28(19)2)16-10-13(7-8-24-16)20(22)26-27-23/h5-8,10-12,27H,3-4,9,23H2,1-2H3,(H2,22,26). The number of nitrogens with two attached hydrogens (primary N) is 2. The molecule has 0 aliphatic carbocycles. The zero-order valence-electron chi connectivity index (χ0n) is 16.4. The van der Waals surface area contributed by atoms with Crippen LogP contribution in [-0.4, -0.2) is 27.0 Å². The van der Waals surface area contributed by atoms with E-state index in [-0.39, 0.29) is 11.7 Å². The highest BCUT2D eigenvalue weighted by Crippen LogP contribution is 2.36. The van der Waals surface area contributed by atoms with E-state index in [0.717, 1.165) is 24.1 Å². The lowest BCUT2D eigenvalue weighted by atomic mass is 10.1. The predicted octanol–water partition coefficient (Wildman–Crippen LogP) is 2.55. The zero-order valence-corrected chi connectivity index (χ0v) is 16.4. The Bertz CT molecular complexity index is 1020. The normalized spacial score (nSPS) is 11.5. The minimum atomic E-state index is -0.359. The lowest BCUT2D eigenvalue weighted by molar-refractivity contribution is 0.309. The van der Waals surface area contributed by atoms with Crippen molar-refractivity contribution >= 4 is 5.84 Å². The third-order valence-electron chi connectivity index (χ3n) is 4.37. The van der Waals surface area contributed by atoms with E-state index in [2.05, 4.69) is 27.5 Å². The van der Waals surface area contributed by atoms with E-state index in [0.29, 0.717) is 29.3 Å². The molecule has 0 saturated heterocycles. The average Bonchev–Trinajstić information content (AvgIpc) is 3.10. The molecule has 8 nitrogen and oxygen atoms in total. The third-order valence-corrected chi connectivity index (χ3v) is 4.37. The number of unbranched alkanes of at least 4 members (excludes halogenated alkanes) is 1. The van der Waals surface area contributed by atoms with Crippen LogP contribution in [0.5, 0.6) is 5.75 Å². The van der Waals surface area contributed by atoms with Gasteiger partial charge >= 0.3 is 0 Å². The number of hydrazone groups is 1. The van der Waals surface area contributed by atoms with E-state index in [1.807, 2.05) is 11.6 Å². The molecule has 0 spiro atoms. The van der Waals surface area contributed by atoms with Gasteiger partial charge in [-0.05, 0) is 30.7 Å². The van der Waals surface area contributed by atoms with Crippen LogP contribution in [0, 0.1) is 5.82 Å². The van der Waals surface area contributed by atoms with Gasteiger partial charge in [0.1, 0.15) is 17.3 Å². The SMILES string of the molecule is CCCCOc1cc(F)ccc1-c1c(-c2cc(/C(N)=N/NN)ccn2)ncn1C. The number of aryl methyl sites for hydroxylation is 1. The average molecular weight is 397 g/mol. The van der Waals surface area contributed by atoms with E-state index in [1.54, 1.807) is 30.7 Å². The fourth-order valence-corrected chi connectivity index (χ4v) is 2.93. The summed E-state index contributed by atoms with van der Waals surface area (Å²) in [6.07, 6.45) is 5.16. The van der Waals surface area contributed by atoms with Crippen LogP contribution in [0.2, 0.25) is 0 Å². The summed E-state index contributed by atoms with van der Waals surface area (Å²) < 4.78 is 21.6. The molecule has 9 heteroatoms. The Morgan fingerprint density at radius 1 is 1.28 bits per heavy atom. The molecular weight excluding hydrogens is 373 g/mol. The number of imidazole rings is 1. The van der Waals surface area contributed by atoms with Crippen molar-refractivity contribution in [3.05, 3.63) is 54.2 Å². The molecule has 0 unspecified atom stereocenters. The van der Waals surface area contributed by atoms with Gasteiger partial charge in [0, 0.05) is 30.4 Å². The number of nitrogens with zero attached hydrogens (tertiary/aromatic N) is 4. The highest BCUT2D eigenvalue weighted by atomic mass is 19.1. The highest BCUT2D eigenvalue weighted by Gasteiger charge is 2.19. The molecule has 2 aromatic heterocycles. The van der Waals surface area contributed by atoms with Crippen molar-refractivity contribution in [1.29, 1.82) is 0 Å². The number of nitrogens with one attached hydrogen (secondary N) is 1. The van der Waals surface area contributed by atoms with Crippen LogP contribution in [0.3, 0.4) is 0 Å². The molecule has 1 aromatic carbocycles. The van der Waals surface area contributed by atoms with Gasteiger partial charge < -0.3 is 15.0 Å². The van der Waals surface area contributed by atoms with E-state index < -0.39 is 0 Å². The Balaban J connectivity index is 2.08. The van der Waals surface area contributed by atoms with Crippen molar-refractivity contribution in [2.24, 2.45) is 23.7 Å². The summed E-state index contributed by atoms with van der Waals surface area (Å²) in [5.74, 6) is 5.53. The summed E-state index contributed by atoms with van der Waals surface area (Å²) in [6, 6.07) is 7.97. The molecule has 0 atom stereocenters. The smallest absolute Gasteiger partial charge is 0.152 e.